The lowest BCUT2D eigenvalue weighted by Gasteiger charge is -2.12. The summed E-state index contributed by atoms with van der Waals surface area (Å²) in [6, 6.07) is 5.01. The summed E-state index contributed by atoms with van der Waals surface area (Å²) < 4.78 is 21.3. The van der Waals surface area contributed by atoms with Gasteiger partial charge in [-0.3, -0.25) is 0 Å². The van der Waals surface area contributed by atoms with Crippen LogP contribution in [0, 0.1) is 0 Å². The summed E-state index contributed by atoms with van der Waals surface area (Å²) in [6.45, 7) is 3.43. The number of carbonyl (C=O) groups excluding carboxylic acids is 1. The summed E-state index contributed by atoms with van der Waals surface area (Å²) in [7, 11) is 1.56. The van der Waals surface area contributed by atoms with Gasteiger partial charge in [-0.05, 0) is 38.0 Å². The number of carbonyl (C=O) groups is 1. The van der Waals surface area contributed by atoms with Gasteiger partial charge in [0, 0.05) is 6.61 Å². The fraction of sp³-hybridized carbons (Fsp3) is 0.533. The van der Waals surface area contributed by atoms with Crippen molar-refractivity contribution in [1.82, 2.24) is 0 Å². The highest BCUT2D eigenvalue weighted by molar-refractivity contribution is 5.90. The minimum atomic E-state index is -0.371. The van der Waals surface area contributed by atoms with Crippen LogP contribution in [0.15, 0.2) is 18.2 Å². The fourth-order valence-electron chi connectivity index (χ4n) is 2.10. The summed E-state index contributed by atoms with van der Waals surface area (Å²) in [4.78, 5) is 12.0. The molecule has 1 aliphatic rings. The Morgan fingerprint density at radius 3 is 2.90 bits per heavy atom. The van der Waals surface area contributed by atoms with Gasteiger partial charge in [0.15, 0.2) is 11.5 Å². The van der Waals surface area contributed by atoms with Crippen LogP contribution in [0.2, 0.25) is 0 Å². The largest absolute Gasteiger partial charge is 0.493 e. The molecule has 0 radical (unpaired) electrons. The molecule has 0 bridgehead atoms. The Hall–Kier alpha value is -1.75. The van der Waals surface area contributed by atoms with Crippen molar-refractivity contribution in [3.63, 3.8) is 0 Å². The van der Waals surface area contributed by atoms with Gasteiger partial charge in [-0.2, -0.15) is 0 Å². The van der Waals surface area contributed by atoms with Crippen LogP contribution in [-0.2, 0) is 9.47 Å². The fourth-order valence-corrected chi connectivity index (χ4v) is 2.10. The van der Waals surface area contributed by atoms with Crippen molar-refractivity contribution in [2.45, 2.75) is 25.9 Å². The Kier molecular flexibility index (Phi) is 5.24. The van der Waals surface area contributed by atoms with E-state index in [9.17, 15) is 4.79 Å². The first-order chi connectivity index (χ1) is 9.74. The lowest BCUT2D eigenvalue weighted by atomic mass is 10.2. The molecule has 1 saturated heterocycles. The van der Waals surface area contributed by atoms with Gasteiger partial charge in [0.1, 0.15) is 6.61 Å². The van der Waals surface area contributed by atoms with E-state index in [4.69, 9.17) is 18.9 Å². The quantitative estimate of drug-likeness (QED) is 0.749. The SMILES string of the molecule is CCOc1cc(C(=O)OCC2CCCO2)ccc1OC. The van der Waals surface area contributed by atoms with E-state index in [1.54, 1.807) is 25.3 Å². The molecule has 0 N–H and O–H groups in total. The van der Waals surface area contributed by atoms with E-state index in [0.29, 0.717) is 30.3 Å². The molecule has 0 aromatic heterocycles. The maximum absolute atomic E-state index is 12.0. The summed E-state index contributed by atoms with van der Waals surface area (Å²) in [5, 5.41) is 0. The topological polar surface area (TPSA) is 54.0 Å². The average Bonchev–Trinajstić information content (AvgIpc) is 2.98. The summed E-state index contributed by atoms with van der Waals surface area (Å²) in [6.07, 6.45) is 2.00. The molecule has 1 aliphatic heterocycles. The van der Waals surface area contributed by atoms with Crippen molar-refractivity contribution in [1.29, 1.82) is 0 Å². The monoisotopic (exact) mass is 280 g/mol. The molecule has 2 rings (SSSR count). The van der Waals surface area contributed by atoms with Gasteiger partial charge in [-0.15, -0.1) is 0 Å². The van der Waals surface area contributed by atoms with Gasteiger partial charge in [0.2, 0.25) is 0 Å². The molecular formula is C15H20O5. The second-order valence-corrected chi connectivity index (χ2v) is 4.53. The van der Waals surface area contributed by atoms with E-state index >= 15 is 0 Å². The molecular weight excluding hydrogens is 260 g/mol. The lowest BCUT2D eigenvalue weighted by Crippen LogP contribution is -2.17. The molecule has 5 nitrogen and oxygen atoms in total. The van der Waals surface area contributed by atoms with Crippen LogP contribution in [0.3, 0.4) is 0 Å². The molecule has 0 aliphatic carbocycles. The van der Waals surface area contributed by atoms with Crippen molar-refractivity contribution in [2.24, 2.45) is 0 Å². The van der Waals surface area contributed by atoms with Crippen LogP contribution < -0.4 is 9.47 Å². The molecule has 5 heteroatoms. The van der Waals surface area contributed by atoms with Crippen molar-refractivity contribution in [2.75, 3.05) is 26.9 Å². The van der Waals surface area contributed by atoms with Crippen LogP contribution in [0.4, 0.5) is 0 Å². The molecule has 0 saturated carbocycles. The van der Waals surface area contributed by atoms with Crippen molar-refractivity contribution in [3.05, 3.63) is 23.8 Å². The lowest BCUT2D eigenvalue weighted by molar-refractivity contribution is 0.0161. The minimum absolute atomic E-state index is 0.0311. The number of methoxy groups -OCH3 is 1. The average molecular weight is 280 g/mol. The zero-order chi connectivity index (χ0) is 14.4. The van der Waals surface area contributed by atoms with E-state index in [2.05, 4.69) is 0 Å². The van der Waals surface area contributed by atoms with Crippen molar-refractivity contribution >= 4 is 5.97 Å². The third kappa shape index (κ3) is 3.63. The highest BCUT2D eigenvalue weighted by Gasteiger charge is 2.19. The van der Waals surface area contributed by atoms with Crippen LogP contribution in [0.25, 0.3) is 0 Å². The Morgan fingerprint density at radius 1 is 1.40 bits per heavy atom. The van der Waals surface area contributed by atoms with E-state index in [-0.39, 0.29) is 12.1 Å². The van der Waals surface area contributed by atoms with Crippen LogP contribution >= 0.6 is 0 Å². The predicted molar refractivity (Wildman–Crippen MR) is 73.4 cm³/mol. The summed E-state index contributed by atoms with van der Waals surface area (Å²) in [5.74, 6) is 0.771. The molecule has 110 valence electrons. The Labute approximate surface area is 118 Å². The summed E-state index contributed by atoms with van der Waals surface area (Å²) in [5.41, 5.74) is 0.451. The second kappa shape index (κ2) is 7.14. The number of esters is 1. The zero-order valence-electron chi connectivity index (χ0n) is 11.9. The number of rotatable bonds is 6. The predicted octanol–water partition coefficient (Wildman–Crippen LogP) is 2.43. The number of benzene rings is 1. The van der Waals surface area contributed by atoms with Crippen LogP contribution in [0.5, 0.6) is 11.5 Å². The summed E-state index contributed by atoms with van der Waals surface area (Å²) >= 11 is 0. The van der Waals surface area contributed by atoms with Crippen molar-refractivity contribution < 1.29 is 23.7 Å². The van der Waals surface area contributed by atoms with Crippen molar-refractivity contribution in [3.8, 4) is 11.5 Å². The highest BCUT2D eigenvalue weighted by Crippen LogP contribution is 2.28. The molecule has 0 spiro atoms. The van der Waals surface area contributed by atoms with E-state index in [0.717, 1.165) is 19.4 Å². The van der Waals surface area contributed by atoms with E-state index < -0.39 is 0 Å². The Bertz CT molecular complexity index is 452. The van der Waals surface area contributed by atoms with Gasteiger partial charge in [0.25, 0.3) is 0 Å². The standard InChI is InChI=1S/C15H20O5/c1-3-18-14-9-11(6-7-13(14)17-2)15(16)20-10-12-5-4-8-19-12/h6-7,9,12H,3-5,8,10H2,1-2H3. The molecule has 1 aromatic carbocycles. The number of hydrogen-bond donors (Lipinski definition) is 0. The number of hydrogen-bond acceptors (Lipinski definition) is 5. The smallest absolute Gasteiger partial charge is 0.338 e. The van der Waals surface area contributed by atoms with Gasteiger partial charge in [-0.1, -0.05) is 0 Å². The molecule has 1 aromatic rings. The second-order valence-electron chi connectivity index (χ2n) is 4.53. The molecule has 1 heterocycles. The Balaban J connectivity index is 1.99. The first-order valence-electron chi connectivity index (χ1n) is 6.84. The maximum atomic E-state index is 12.0. The van der Waals surface area contributed by atoms with Crippen LogP contribution in [-0.4, -0.2) is 39.0 Å². The third-order valence-corrected chi connectivity index (χ3v) is 3.12. The normalized spacial score (nSPS) is 17.8. The molecule has 20 heavy (non-hydrogen) atoms. The van der Waals surface area contributed by atoms with E-state index in [1.165, 1.54) is 0 Å². The number of ether oxygens (including phenoxy) is 4. The molecule has 1 atom stereocenters. The molecule has 1 fully saturated rings. The first kappa shape index (κ1) is 14.7. The Morgan fingerprint density at radius 2 is 2.25 bits per heavy atom. The third-order valence-electron chi connectivity index (χ3n) is 3.12. The van der Waals surface area contributed by atoms with E-state index in [1.807, 2.05) is 6.92 Å². The maximum Gasteiger partial charge on any atom is 0.338 e. The van der Waals surface area contributed by atoms with Gasteiger partial charge in [0.05, 0.1) is 25.4 Å². The van der Waals surface area contributed by atoms with Gasteiger partial charge in [-0.25, -0.2) is 4.79 Å². The molecule has 1 unspecified atom stereocenters. The van der Waals surface area contributed by atoms with Gasteiger partial charge >= 0.3 is 5.97 Å². The zero-order valence-corrected chi connectivity index (χ0v) is 11.9. The highest BCUT2D eigenvalue weighted by atomic mass is 16.6. The molecule has 0 amide bonds. The first-order valence-corrected chi connectivity index (χ1v) is 6.84. The van der Waals surface area contributed by atoms with Crippen LogP contribution in [0.1, 0.15) is 30.1 Å². The minimum Gasteiger partial charge on any atom is -0.493 e. The van der Waals surface area contributed by atoms with Gasteiger partial charge < -0.3 is 18.9 Å².